The van der Waals surface area contributed by atoms with E-state index in [2.05, 4.69) is 22.0 Å². The standard InChI is InChI=1S/C20H24N4O2/c1-23-10-3-6-17(23)9-11-26-20-8-7-19-21-13-18(24(19)22-20)16-5-2-4-15(12-16)14-25/h2,4-5,7-8,12-13,17,25H,3,6,9-11,14H2,1H3. The Morgan fingerprint density at radius 2 is 2.19 bits per heavy atom. The number of nitrogens with zero attached hydrogens (tertiary/aromatic N) is 4. The van der Waals surface area contributed by atoms with Crippen molar-refractivity contribution in [1.29, 1.82) is 0 Å². The lowest BCUT2D eigenvalue weighted by Crippen LogP contribution is -2.26. The van der Waals surface area contributed by atoms with Crippen LogP contribution >= 0.6 is 0 Å². The summed E-state index contributed by atoms with van der Waals surface area (Å²) in [5.74, 6) is 0.607. The zero-order chi connectivity index (χ0) is 17.9. The van der Waals surface area contributed by atoms with Crippen LogP contribution in [0.1, 0.15) is 24.8 Å². The fraction of sp³-hybridized carbons (Fsp3) is 0.400. The van der Waals surface area contributed by atoms with Crippen LogP contribution in [0.25, 0.3) is 16.9 Å². The lowest BCUT2D eigenvalue weighted by atomic mass is 10.1. The maximum absolute atomic E-state index is 9.36. The first-order valence-electron chi connectivity index (χ1n) is 9.12. The number of aliphatic hydroxyl groups excluding tert-OH is 1. The Kier molecular flexibility index (Phi) is 4.86. The van der Waals surface area contributed by atoms with E-state index in [1.165, 1.54) is 19.4 Å². The highest BCUT2D eigenvalue weighted by Crippen LogP contribution is 2.23. The summed E-state index contributed by atoms with van der Waals surface area (Å²) in [5.41, 5.74) is 3.50. The Hall–Kier alpha value is -2.44. The monoisotopic (exact) mass is 352 g/mol. The molecule has 1 aliphatic rings. The second-order valence-corrected chi connectivity index (χ2v) is 6.86. The molecule has 1 aliphatic heterocycles. The van der Waals surface area contributed by atoms with Gasteiger partial charge in [-0.15, -0.1) is 5.10 Å². The Labute approximate surface area is 153 Å². The molecule has 2 aromatic heterocycles. The van der Waals surface area contributed by atoms with Gasteiger partial charge in [-0.2, -0.15) is 0 Å². The van der Waals surface area contributed by atoms with E-state index in [1.807, 2.05) is 36.4 Å². The van der Waals surface area contributed by atoms with Crippen molar-refractivity contribution in [2.24, 2.45) is 0 Å². The van der Waals surface area contributed by atoms with Gasteiger partial charge < -0.3 is 14.7 Å². The van der Waals surface area contributed by atoms with Gasteiger partial charge in [0.05, 0.1) is 25.1 Å². The molecule has 1 atom stereocenters. The zero-order valence-corrected chi connectivity index (χ0v) is 15.0. The van der Waals surface area contributed by atoms with Gasteiger partial charge in [-0.1, -0.05) is 18.2 Å². The van der Waals surface area contributed by atoms with Crippen molar-refractivity contribution in [2.45, 2.75) is 31.9 Å². The predicted octanol–water partition coefficient (Wildman–Crippen LogP) is 2.75. The Bertz CT molecular complexity index is 892. The molecule has 1 N–H and O–H groups in total. The summed E-state index contributed by atoms with van der Waals surface area (Å²) in [6.07, 6.45) is 5.34. The summed E-state index contributed by atoms with van der Waals surface area (Å²) >= 11 is 0. The molecular weight excluding hydrogens is 328 g/mol. The number of aromatic nitrogens is 3. The van der Waals surface area contributed by atoms with E-state index in [1.54, 1.807) is 10.7 Å². The Morgan fingerprint density at radius 3 is 3.00 bits per heavy atom. The van der Waals surface area contributed by atoms with Gasteiger partial charge in [0.1, 0.15) is 0 Å². The quantitative estimate of drug-likeness (QED) is 0.739. The lowest BCUT2D eigenvalue weighted by Gasteiger charge is -2.19. The second-order valence-electron chi connectivity index (χ2n) is 6.86. The van der Waals surface area contributed by atoms with Crippen molar-refractivity contribution < 1.29 is 9.84 Å². The van der Waals surface area contributed by atoms with Gasteiger partial charge in [0.25, 0.3) is 0 Å². The summed E-state index contributed by atoms with van der Waals surface area (Å²) in [6.45, 7) is 1.86. The van der Waals surface area contributed by atoms with E-state index < -0.39 is 0 Å². The minimum absolute atomic E-state index is 0.0159. The normalized spacial score (nSPS) is 17.8. The van der Waals surface area contributed by atoms with Crippen LogP contribution in [0, 0.1) is 0 Å². The van der Waals surface area contributed by atoms with Gasteiger partial charge in [0.2, 0.25) is 5.88 Å². The molecule has 1 fully saturated rings. The van der Waals surface area contributed by atoms with E-state index in [9.17, 15) is 5.11 Å². The van der Waals surface area contributed by atoms with Crippen molar-refractivity contribution >= 4 is 5.65 Å². The van der Waals surface area contributed by atoms with E-state index in [-0.39, 0.29) is 6.61 Å². The molecule has 0 saturated carbocycles. The maximum Gasteiger partial charge on any atom is 0.231 e. The minimum atomic E-state index is 0.0159. The predicted molar refractivity (Wildman–Crippen MR) is 100 cm³/mol. The van der Waals surface area contributed by atoms with Crippen LogP contribution in [0.2, 0.25) is 0 Å². The number of imidazole rings is 1. The van der Waals surface area contributed by atoms with Crippen molar-refractivity contribution in [3.05, 3.63) is 48.2 Å². The van der Waals surface area contributed by atoms with Crippen molar-refractivity contribution in [3.8, 4) is 17.1 Å². The van der Waals surface area contributed by atoms with E-state index in [0.717, 1.165) is 28.9 Å². The number of hydrogen-bond donors (Lipinski definition) is 1. The first-order chi connectivity index (χ1) is 12.7. The molecule has 1 saturated heterocycles. The molecule has 3 aromatic rings. The molecule has 0 radical (unpaired) electrons. The van der Waals surface area contributed by atoms with Gasteiger partial charge in [0, 0.05) is 17.7 Å². The highest BCUT2D eigenvalue weighted by molar-refractivity contribution is 5.63. The molecule has 3 heterocycles. The molecule has 1 unspecified atom stereocenters. The van der Waals surface area contributed by atoms with E-state index in [0.29, 0.717) is 18.5 Å². The van der Waals surface area contributed by atoms with Crippen LogP contribution in [-0.4, -0.2) is 50.8 Å². The molecule has 0 bridgehead atoms. The van der Waals surface area contributed by atoms with Gasteiger partial charge >= 0.3 is 0 Å². The summed E-state index contributed by atoms with van der Waals surface area (Å²) in [4.78, 5) is 6.83. The zero-order valence-electron chi connectivity index (χ0n) is 15.0. The maximum atomic E-state index is 9.36. The van der Waals surface area contributed by atoms with Crippen LogP contribution in [0.5, 0.6) is 5.88 Å². The van der Waals surface area contributed by atoms with E-state index >= 15 is 0 Å². The molecule has 6 nitrogen and oxygen atoms in total. The third-order valence-electron chi connectivity index (χ3n) is 5.12. The Morgan fingerprint density at radius 1 is 1.27 bits per heavy atom. The van der Waals surface area contributed by atoms with Gasteiger partial charge in [0.15, 0.2) is 5.65 Å². The molecule has 6 heteroatoms. The van der Waals surface area contributed by atoms with Crippen LogP contribution in [0.4, 0.5) is 0 Å². The topological polar surface area (TPSA) is 62.9 Å². The van der Waals surface area contributed by atoms with E-state index in [4.69, 9.17) is 4.74 Å². The first kappa shape index (κ1) is 17.0. The highest BCUT2D eigenvalue weighted by atomic mass is 16.5. The highest BCUT2D eigenvalue weighted by Gasteiger charge is 2.20. The second kappa shape index (κ2) is 7.43. The lowest BCUT2D eigenvalue weighted by molar-refractivity contribution is 0.227. The number of benzene rings is 1. The number of aliphatic hydroxyl groups is 1. The molecule has 0 amide bonds. The van der Waals surface area contributed by atoms with Gasteiger partial charge in [-0.3, -0.25) is 0 Å². The summed E-state index contributed by atoms with van der Waals surface area (Å²) in [5, 5.41) is 14.0. The van der Waals surface area contributed by atoms with Gasteiger partial charge in [-0.05, 0) is 50.6 Å². The average molecular weight is 352 g/mol. The summed E-state index contributed by atoms with van der Waals surface area (Å²) in [6, 6.07) is 12.2. The number of rotatable bonds is 6. The molecule has 136 valence electrons. The first-order valence-corrected chi connectivity index (χ1v) is 9.12. The largest absolute Gasteiger partial charge is 0.477 e. The van der Waals surface area contributed by atoms with Gasteiger partial charge in [-0.25, -0.2) is 9.50 Å². The van der Waals surface area contributed by atoms with Crippen LogP contribution in [0.3, 0.4) is 0 Å². The number of likely N-dealkylation sites (tertiary alicyclic amines) is 1. The van der Waals surface area contributed by atoms with Crippen LogP contribution in [0.15, 0.2) is 42.6 Å². The fourth-order valence-corrected chi connectivity index (χ4v) is 3.60. The SMILES string of the molecule is CN1CCCC1CCOc1ccc2ncc(-c3cccc(CO)c3)n2n1. The van der Waals surface area contributed by atoms with Crippen LogP contribution in [-0.2, 0) is 6.61 Å². The number of ether oxygens (including phenoxy) is 1. The molecular formula is C20H24N4O2. The summed E-state index contributed by atoms with van der Waals surface area (Å²) in [7, 11) is 2.18. The summed E-state index contributed by atoms with van der Waals surface area (Å²) < 4.78 is 7.70. The van der Waals surface area contributed by atoms with Crippen molar-refractivity contribution in [3.63, 3.8) is 0 Å². The smallest absolute Gasteiger partial charge is 0.231 e. The Balaban J connectivity index is 1.52. The third-order valence-corrected chi connectivity index (χ3v) is 5.12. The fourth-order valence-electron chi connectivity index (χ4n) is 3.60. The average Bonchev–Trinajstić information content (AvgIpc) is 3.28. The molecule has 26 heavy (non-hydrogen) atoms. The van der Waals surface area contributed by atoms with Crippen molar-refractivity contribution in [2.75, 3.05) is 20.2 Å². The minimum Gasteiger partial charge on any atom is -0.477 e. The molecule has 0 aliphatic carbocycles. The molecule has 4 rings (SSSR count). The van der Waals surface area contributed by atoms with Crippen molar-refractivity contribution in [1.82, 2.24) is 19.5 Å². The number of fused-ring (bicyclic) bond motifs is 1. The third kappa shape index (κ3) is 3.43. The number of hydrogen-bond acceptors (Lipinski definition) is 5. The molecule has 1 aromatic carbocycles. The molecule has 0 spiro atoms. The van der Waals surface area contributed by atoms with Crippen LogP contribution < -0.4 is 4.74 Å².